The fraction of sp³-hybridized carbons (Fsp3) is 0.317. The minimum Gasteiger partial charge on any atom is -0.335 e. The van der Waals surface area contributed by atoms with Crippen molar-refractivity contribution in [2.24, 2.45) is 0 Å². The first kappa shape index (κ1) is 36.0. The van der Waals surface area contributed by atoms with Gasteiger partial charge < -0.3 is 14.4 Å². The lowest BCUT2D eigenvalue weighted by atomic mass is 9.99. The van der Waals surface area contributed by atoms with E-state index in [0.29, 0.717) is 34.7 Å². The second kappa shape index (κ2) is 15.2. The summed E-state index contributed by atoms with van der Waals surface area (Å²) < 4.78 is 69.6. The van der Waals surface area contributed by atoms with Gasteiger partial charge in [-0.1, -0.05) is 60.7 Å². The Hall–Kier alpha value is -4.83. The summed E-state index contributed by atoms with van der Waals surface area (Å²) in [5, 5.41) is 0.460. The molecular weight excluding hydrogens is 661 g/mol. The van der Waals surface area contributed by atoms with Gasteiger partial charge in [0.25, 0.3) is 0 Å². The minimum atomic E-state index is -4.41. The summed E-state index contributed by atoms with van der Waals surface area (Å²) in [5.41, 5.74) is 2.68. The number of fused-ring (bicyclic) bond motifs is 1. The van der Waals surface area contributed by atoms with Gasteiger partial charge in [0.05, 0.1) is 11.1 Å². The van der Waals surface area contributed by atoms with Crippen LogP contribution in [0.5, 0.6) is 0 Å². The van der Waals surface area contributed by atoms with Gasteiger partial charge in [-0.2, -0.15) is 13.2 Å². The van der Waals surface area contributed by atoms with Gasteiger partial charge in [0.1, 0.15) is 6.54 Å². The number of benzene rings is 4. The van der Waals surface area contributed by atoms with E-state index in [2.05, 4.69) is 18.7 Å². The number of alkyl halides is 3. The number of rotatable bonds is 10. The van der Waals surface area contributed by atoms with Crippen LogP contribution in [0.2, 0.25) is 0 Å². The van der Waals surface area contributed by atoms with Crippen molar-refractivity contribution in [3.8, 4) is 11.1 Å². The average molecular weight is 702 g/mol. The maximum absolute atomic E-state index is 14.6. The Morgan fingerprint density at radius 1 is 0.843 bits per heavy atom. The molecule has 4 aromatic carbocycles. The molecule has 1 fully saturated rings. The van der Waals surface area contributed by atoms with Gasteiger partial charge in [0, 0.05) is 48.9 Å². The molecule has 1 aromatic heterocycles. The first-order valence-electron chi connectivity index (χ1n) is 17.2. The number of amides is 1. The van der Waals surface area contributed by atoms with Crippen molar-refractivity contribution in [1.82, 2.24) is 14.4 Å². The fourth-order valence-electron chi connectivity index (χ4n) is 6.99. The normalized spacial score (nSPS) is 14.4. The van der Waals surface area contributed by atoms with Gasteiger partial charge in [-0.3, -0.25) is 9.59 Å². The second-order valence-electron chi connectivity index (χ2n) is 13.5. The highest BCUT2D eigenvalue weighted by Crippen LogP contribution is 2.31. The second-order valence-corrected chi connectivity index (χ2v) is 13.5. The van der Waals surface area contributed by atoms with Gasteiger partial charge in [-0.25, -0.2) is 8.78 Å². The van der Waals surface area contributed by atoms with E-state index in [9.17, 15) is 31.5 Å². The van der Waals surface area contributed by atoms with Crippen LogP contribution < -0.4 is 5.43 Å². The van der Waals surface area contributed by atoms with Gasteiger partial charge in [0.2, 0.25) is 5.91 Å². The molecule has 10 heteroatoms. The average Bonchev–Trinajstić information content (AvgIpc) is 3.12. The molecule has 5 nitrogen and oxygen atoms in total. The van der Waals surface area contributed by atoms with E-state index in [-0.39, 0.29) is 42.3 Å². The summed E-state index contributed by atoms with van der Waals surface area (Å²) in [6.45, 7) is 6.24. The molecule has 0 atom stereocenters. The Balaban J connectivity index is 1.29. The number of para-hydroxylation sites is 1. The predicted molar refractivity (Wildman–Crippen MR) is 189 cm³/mol. The Kier molecular flexibility index (Phi) is 10.7. The number of piperidine rings is 1. The molecule has 1 amide bonds. The van der Waals surface area contributed by atoms with Crippen LogP contribution in [0.15, 0.2) is 102 Å². The molecule has 1 aliphatic rings. The van der Waals surface area contributed by atoms with Crippen molar-refractivity contribution in [1.29, 1.82) is 0 Å². The van der Waals surface area contributed by atoms with E-state index in [1.165, 1.54) is 30.3 Å². The van der Waals surface area contributed by atoms with Crippen molar-refractivity contribution in [2.45, 2.75) is 70.9 Å². The Morgan fingerprint density at radius 3 is 2.14 bits per heavy atom. The number of carbonyl (C=O) groups is 1. The first-order chi connectivity index (χ1) is 24.4. The molecule has 0 N–H and O–H groups in total. The first-order valence-corrected chi connectivity index (χ1v) is 17.2. The highest BCUT2D eigenvalue weighted by molar-refractivity contribution is 5.83. The minimum absolute atomic E-state index is 0.0439. The van der Waals surface area contributed by atoms with Crippen LogP contribution in [-0.2, 0) is 36.9 Å². The highest BCUT2D eigenvalue weighted by atomic mass is 19.4. The number of aryl methyl sites for hydroxylation is 2. The predicted octanol–water partition coefficient (Wildman–Crippen LogP) is 8.65. The van der Waals surface area contributed by atoms with Gasteiger partial charge in [-0.15, -0.1) is 0 Å². The van der Waals surface area contributed by atoms with Crippen LogP contribution in [0.25, 0.3) is 22.0 Å². The monoisotopic (exact) mass is 701 g/mol. The highest BCUT2D eigenvalue weighted by Gasteiger charge is 2.31. The number of hydrogen-bond acceptors (Lipinski definition) is 3. The van der Waals surface area contributed by atoms with Crippen LogP contribution in [0.4, 0.5) is 22.0 Å². The van der Waals surface area contributed by atoms with Gasteiger partial charge in [0.15, 0.2) is 17.1 Å². The molecule has 0 radical (unpaired) electrons. The zero-order valence-corrected chi connectivity index (χ0v) is 28.6. The molecule has 1 saturated heterocycles. The summed E-state index contributed by atoms with van der Waals surface area (Å²) in [5.74, 6) is -2.01. The third kappa shape index (κ3) is 8.22. The third-order valence-corrected chi connectivity index (χ3v) is 9.92. The molecule has 1 aliphatic heterocycles. The van der Waals surface area contributed by atoms with Crippen LogP contribution in [0, 0.1) is 11.6 Å². The van der Waals surface area contributed by atoms with E-state index in [4.69, 9.17) is 0 Å². The Morgan fingerprint density at radius 2 is 1.49 bits per heavy atom. The summed E-state index contributed by atoms with van der Waals surface area (Å²) in [4.78, 5) is 32.0. The lowest BCUT2D eigenvalue weighted by Gasteiger charge is -2.40. The largest absolute Gasteiger partial charge is 0.416 e. The molecule has 0 saturated carbocycles. The van der Waals surface area contributed by atoms with E-state index in [0.717, 1.165) is 55.3 Å². The maximum Gasteiger partial charge on any atom is 0.416 e. The Bertz CT molecular complexity index is 2050. The summed E-state index contributed by atoms with van der Waals surface area (Å²) in [6.07, 6.45) is -2.50. The molecule has 51 heavy (non-hydrogen) atoms. The fourth-order valence-corrected chi connectivity index (χ4v) is 6.99. The summed E-state index contributed by atoms with van der Waals surface area (Å²) >= 11 is 0. The van der Waals surface area contributed by atoms with Crippen molar-refractivity contribution in [2.75, 3.05) is 13.1 Å². The molecule has 0 spiro atoms. The van der Waals surface area contributed by atoms with E-state index in [1.807, 2.05) is 33.7 Å². The standard InChI is InChI=1S/C41H40F5N3O2/c1-27(2)47-22-20-33(21-23-47)49(25-28-10-12-29(13-11-28)30-14-17-32(18-15-30)41(44,45)46)39(51)26-48-34(19-16-31-6-5-8-36(42)40(31)43)24-38(50)35-7-3-4-9-37(35)48/h3-15,17-18,24,27,33H,16,19-23,25-26H2,1-2H3. The van der Waals surface area contributed by atoms with Gasteiger partial charge in [-0.05, 0) is 92.1 Å². The van der Waals surface area contributed by atoms with E-state index < -0.39 is 23.4 Å². The van der Waals surface area contributed by atoms with Crippen molar-refractivity contribution in [3.05, 3.63) is 141 Å². The third-order valence-electron chi connectivity index (χ3n) is 9.92. The smallest absolute Gasteiger partial charge is 0.335 e. The number of hydrogen-bond donors (Lipinski definition) is 0. The zero-order chi connectivity index (χ0) is 36.3. The summed E-state index contributed by atoms with van der Waals surface area (Å²) in [7, 11) is 0. The van der Waals surface area contributed by atoms with Crippen LogP contribution in [0.3, 0.4) is 0 Å². The number of likely N-dealkylation sites (tertiary alicyclic amines) is 1. The molecule has 0 bridgehead atoms. The molecular formula is C41H40F5N3O2. The number of pyridine rings is 1. The van der Waals surface area contributed by atoms with Gasteiger partial charge >= 0.3 is 6.18 Å². The molecule has 5 aromatic rings. The molecule has 6 rings (SSSR count). The Labute approximate surface area is 293 Å². The lowest BCUT2D eigenvalue weighted by molar-refractivity contribution is -0.137. The lowest BCUT2D eigenvalue weighted by Crippen LogP contribution is -2.49. The molecule has 0 aliphatic carbocycles. The number of carbonyl (C=O) groups excluding carboxylic acids is 1. The zero-order valence-electron chi connectivity index (χ0n) is 28.6. The quantitative estimate of drug-likeness (QED) is 0.137. The van der Waals surface area contributed by atoms with Crippen LogP contribution >= 0.6 is 0 Å². The molecule has 266 valence electrons. The molecule has 0 unspecified atom stereocenters. The van der Waals surface area contributed by atoms with E-state index >= 15 is 0 Å². The maximum atomic E-state index is 14.6. The topological polar surface area (TPSA) is 45.5 Å². The number of nitrogens with zero attached hydrogens (tertiary/aromatic N) is 3. The SMILES string of the molecule is CC(C)N1CCC(N(Cc2ccc(-c3ccc(C(F)(F)F)cc3)cc2)C(=O)Cn2c(CCc3cccc(F)c3F)cc(=O)c3ccccc32)CC1. The number of aromatic nitrogens is 1. The number of halogens is 5. The summed E-state index contributed by atoms with van der Waals surface area (Å²) in [6, 6.07) is 25.4. The van der Waals surface area contributed by atoms with Crippen LogP contribution in [-0.4, -0.2) is 45.4 Å². The van der Waals surface area contributed by atoms with Crippen molar-refractivity contribution >= 4 is 16.8 Å². The van der Waals surface area contributed by atoms with Crippen molar-refractivity contribution in [3.63, 3.8) is 0 Å². The van der Waals surface area contributed by atoms with E-state index in [1.54, 1.807) is 24.3 Å². The van der Waals surface area contributed by atoms with Crippen molar-refractivity contribution < 1.29 is 26.7 Å². The molecule has 2 heterocycles. The van der Waals surface area contributed by atoms with Crippen LogP contribution in [0.1, 0.15) is 49.1 Å².